The normalized spacial score (nSPS) is 10.8. The van der Waals surface area contributed by atoms with Gasteiger partial charge in [0.2, 0.25) is 0 Å². The van der Waals surface area contributed by atoms with E-state index >= 15 is 0 Å². The van der Waals surface area contributed by atoms with E-state index in [0.29, 0.717) is 11.6 Å². The summed E-state index contributed by atoms with van der Waals surface area (Å²) in [6.45, 7) is 1.23. The van der Waals surface area contributed by atoms with Crippen molar-refractivity contribution in [1.29, 1.82) is 0 Å². The van der Waals surface area contributed by atoms with Crippen LogP contribution in [0.1, 0.15) is 11.1 Å². The minimum absolute atomic E-state index is 0.285. The third kappa shape index (κ3) is 3.05. The number of hydrogen-bond donors (Lipinski definition) is 1. The minimum atomic E-state index is -0.285. The summed E-state index contributed by atoms with van der Waals surface area (Å²) in [4.78, 5) is 0. The van der Waals surface area contributed by atoms with Crippen molar-refractivity contribution in [3.05, 3.63) is 52.6 Å². The molecule has 5 heteroatoms. The number of nitrogens with zero attached hydrogens (tertiary/aromatic N) is 2. The lowest BCUT2D eigenvalue weighted by Gasteiger charge is -2.04. The molecule has 0 aliphatic rings. The lowest BCUT2D eigenvalue weighted by molar-refractivity contribution is 0.619. The Labute approximate surface area is 104 Å². The van der Waals surface area contributed by atoms with Gasteiger partial charge in [0.05, 0.1) is 12.7 Å². The molecular weight excluding hydrogens is 241 g/mol. The van der Waals surface area contributed by atoms with Gasteiger partial charge in [-0.1, -0.05) is 11.6 Å². The maximum absolute atomic E-state index is 13.1. The lowest BCUT2D eigenvalue weighted by atomic mass is 10.2. The molecule has 1 aromatic carbocycles. The molecule has 0 saturated carbocycles. The van der Waals surface area contributed by atoms with E-state index in [1.165, 1.54) is 12.1 Å². The molecule has 0 aliphatic heterocycles. The molecule has 2 rings (SSSR count). The van der Waals surface area contributed by atoms with Gasteiger partial charge in [-0.05, 0) is 30.8 Å². The van der Waals surface area contributed by atoms with Crippen molar-refractivity contribution in [2.75, 3.05) is 7.05 Å². The van der Waals surface area contributed by atoms with Crippen molar-refractivity contribution >= 4 is 11.6 Å². The molecule has 0 saturated heterocycles. The van der Waals surface area contributed by atoms with Crippen LogP contribution in [0, 0.1) is 5.82 Å². The maximum Gasteiger partial charge on any atom is 0.123 e. The van der Waals surface area contributed by atoms with E-state index in [2.05, 4.69) is 10.4 Å². The van der Waals surface area contributed by atoms with Crippen LogP contribution < -0.4 is 5.32 Å². The van der Waals surface area contributed by atoms with Crippen molar-refractivity contribution in [1.82, 2.24) is 15.1 Å². The highest BCUT2D eigenvalue weighted by atomic mass is 35.5. The average molecular weight is 254 g/mol. The minimum Gasteiger partial charge on any atom is -0.316 e. The van der Waals surface area contributed by atoms with E-state index in [1.54, 1.807) is 16.9 Å². The van der Waals surface area contributed by atoms with Gasteiger partial charge in [0.25, 0.3) is 0 Å². The second-order valence-electron chi connectivity index (χ2n) is 3.81. The zero-order chi connectivity index (χ0) is 12.3. The first-order chi connectivity index (χ1) is 8.19. The number of rotatable bonds is 4. The number of aromatic nitrogens is 2. The van der Waals surface area contributed by atoms with E-state index in [9.17, 15) is 4.39 Å². The molecule has 0 fully saturated rings. The third-order valence-corrected chi connectivity index (χ3v) is 2.78. The number of benzene rings is 1. The second-order valence-corrected chi connectivity index (χ2v) is 4.22. The molecule has 0 radical (unpaired) electrons. The molecule has 2 aromatic rings. The van der Waals surface area contributed by atoms with Crippen LogP contribution in [-0.4, -0.2) is 16.8 Å². The smallest absolute Gasteiger partial charge is 0.123 e. The zero-order valence-electron chi connectivity index (χ0n) is 9.45. The summed E-state index contributed by atoms with van der Waals surface area (Å²) in [5, 5.41) is 7.79. The molecule has 0 atom stereocenters. The molecule has 17 heavy (non-hydrogen) atoms. The fourth-order valence-corrected chi connectivity index (χ4v) is 1.80. The molecule has 1 N–H and O–H groups in total. The third-order valence-electron chi connectivity index (χ3n) is 2.41. The van der Waals surface area contributed by atoms with Crippen molar-refractivity contribution in [3.8, 4) is 0 Å². The average Bonchev–Trinajstić information content (AvgIpc) is 2.72. The summed E-state index contributed by atoms with van der Waals surface area (Å²) in [6.07, 6.45) is 3.70. The Morgan fingerprint density at radius 3 is 3.06 bits per heavy atom. The van der Waals surface area contributed by atoms with Crippen molar-refractivity contribution < 1.29 is 4.39 Å². The molecule has 0 aliphatic carbocycles. The molecule has 1 heterocycles. The summed E-state index contributed by atoms with van der Waals surface area (Å²) >= 11 is 5.99. The fourth-order valence-electron chi connectivity index (χ4n) is 1.63. The zero-order valence-corrected chi connectivity index (χ0v) is 10.2. The number of hydrogen-bond acceptors (Lipinski definition) is 2. The van der Waals surface area contributed by atoms with Crippen molar-refractivity contribution in [3.63, 3.8) is 0 Å². The first kappa shape index (κ1) is 12.1. The van der Waals surface area contributed by atoms with E-state index in [4.69, 9.17) is 11.6 Å². The van der Waals surface area contributed by atoms with Crippen LogP contribution in [-0.2, 0) is 13.1 Å². The van der Waals surface area contributed by atoms with Crippen molar-refractivity contribution in [2.24, 2.45) is 0 Å². The van der Waals surface area contributed by atoms with Crippen LogP contribution in [0.25, 0.3) is 0 Å². The van der Waals surface area contributed by atoms with E-state index in [1.807, 2.05) is 13.2 Å². The predicted octanol–water partition coefficient (Wildman–Crippen LogP) is 2.44. The highest BCUT2D eigenvalue weighted by molar-refractivity contribution is 6.31. The van der Waals surface area contributed by atoms with Gasteiger partial charge in [-0.25, -0.2) is 4.39 Å². The summed E-state index contributed by atoms with van der Waals surface area (Å²) in [7, 11) is 1.88. The van der Waals surface area contributed by atoms with Gasteiger partial charge in [0.15, 0.2) is 0 Å². The van der Waals surface area contributed by atoms with Gasteiger partial charge in [-0.3, -0.25) is 4.68 Å². The monoisotopic (exact) mass is 253 g/mol. The maximum atomic E-state index is 13.1. The Kier molecular flexibility index (Phi) is 3.76. The predicted molar refractivity (Wildman–Crippen MR) is 65.5 cm³/mol. The second kappa shape index (κ2) is 5.29. The summed E-state index contributed by atoms with van der Waals surface area (Å²) in [5.41, 5.74) is 1.81. The van der Waals surface area contributed by atoms with Crippen LogP contribution in [0.5, 0.6) is 0 Å². The molecule has 3 nitrogen and oxygen atoms in total. The Morgan fingerprint density at radius 2 is 2.29 bits per heavy atom. The van der Waals surface area contributed by atoms with Gasteiger partial charge in [-0.15, -0.1) is 0 Å². The Morgan fingerprint density at radius 1 is 1.47 bits per heavy atom. The van der Waals surface area contributed by atoms with Crippen LogP contribution in [0.4, 0.5) is 4.39 Å². The first-order valence-electron chi connectivity index (χ1n) is 5.29. The van der Waals surface area contributed by atoms with Crippen LogP contribution in [0.2, 0.25) is 5.02 Å². The highest BCUT2D eigenvalue weighted by Gasteiger charge is 2.04. The van der Waals surface area contributed by atoms with E-state index < -0.39 is 0 Å². The quantitative estimate of drug-likeness (QED) is 0.907. The topological polar surface area (TPSA) is 29.9 Å². The molecule has 0 amide bonds. The standard InChI is InChI=1S/C12H13ClFN3/c1-15-5-9-6-16-17(7-9)8-10-4-11(14)2-3-12(10)13/h2-4,6-7,15H,5,8H2,1H3. The highest BCUT2D eigenvalue weighted by Crippen LogP contribution is 2.18. The van der Waals surface area contributed by atoms with E-state index in [-0.39, 0.29) is 5.82 Å². The molecule has 0 spiro atoms. The number of halogens is 2. The summed E-state index contributed by atoms with van der Waals surface area (Å²) < 4.78 is 14.8. The van der Waals surface area contributed by atoms with Crippen LogP contribution >= 0.6 is 11.6 Å². The molecule has 0 bridgehead atoms. The van der Waals surface area contributed by atoms with Gasteiger partial charge in [-0.2, -0.15) is 5.10 Å². The Bertz CT molecular complexity index is 510. The van der Waals surface area contributed by atoms with Gasteiger partial charge in [0.1, 0.15) is 5.82 Å². The molecular formula is C12H13ClFN3. The largest absolute Gasteiger partial charge is 0.316 e. The SMILES string of the molecule is CNCc1cnn(Cc2cc(F)ccc2Cl)c1. The van der Waals surface area contributed by atoms with E-state index in [0.717, 1.165) is 17.7 Å². The van der Waals surface area contributed by atoms with Gasteiger partial charge >= 0.3 is 0 Å². The summed E-state index contributed by atoms with van der Waals surface area (Å²) in [6, 6.07) is 4.34. The molecule has 1 aromatic heterocycles. The molecule has 0 unspecified atom stereocenters. The number of nitrogens with one attached hydrogen (secondary N) is 1. The Hall–Kier alpha value is -1.39. The summed E-state index contributed by atoms with van der Waals surface area (Å²) in [5.74, 6) is -0.285. The lowest BCUT2D eigenvalue weighted by Crippen LogP contribution is -2.04. The van der Waals surface area contributed by atoms with Gasteiger partial charge < -0.3 is 5.32 Å². The van der Waals surface area contributed by atoms with Crippen LogP contribution in [0.15, 0.2) is 30.6 Å². The van der Waals surface area contributed by atoms with Crippen LogP contribution in [0.3, 0.4) is 0 Å². The fraction of sp³-hybridized carbons (Fsp3) is 0.250. The van der Waals surface area contributed by atoms with Crippen molar-refractivity contribution in [2.45, 2.75) is 13.1 Å². The molecule has 90 valence electrons. The first-order valence-corrected chi connectivity index (χ1v) is 5.66. The van der Waals surface area contributed by atoms with Gasteiger partial charge in [0, 0.05) is 23.3 Å². The Balaban J connectivity index is 2.16.